The summed E-state index contributed by atoms with van der Waals surface area (Å²) >= 11 is 0. The molecule has 1 fully saturated rings. The summed E-state index contributed by atoms with van der Waals surface area (Å²) in [6, 6.07) is 13.7. The monoisotopic (exact) mass is 348 g/mol. The molecule has 1 saturated carbocycles. The van der Waals surface area contributed by atoms with Crippen LogP contribution < -0.4 is 10.6 Å². The van der Waals surface area contributed by atoms with Gasteiger partial charge >= 0.3 is 0 Å². The lowest BCUT2D eigenvalue weighted by Crippen LogP contribution is -2.27. The van der Waals surface area contributed by atoms with Gasteiger partial charge in [-0.3, -0.25) is 14.0 Å². The molecule has 1 aliphatic carbocycles. The molecule has 0 bridgehead atoms. The van der Waals surface area contributed by atoms with E-state index in [1.807, 2.05) is 43.3 Å². The molecule has 6 nitrogen and oxygen atoms in total. The topological polar surface area (TPSA) is 75.5 Å². The van der Waals surface area contributed by atoms with Gasteiger partial charge in [0.2, 0.25) is 5.82 Å². The van der Waals surface area contributed by atoms with E-state index in [9.17, 15) is 9.59 Å². The van der Waals surface area contributed by atoms with Crippen LogP contribution in [-0.4, -0.2) is 27.2 Å². The summed E-state index contributed by atoms with van der Waals surface area (Å²) in [4.78, 5) is 29.4. The molecule has 132 valence electrons. The third kappa shape index (κ3) is 3.31. The second kappa shape index (κ2) is 6.63. The second-order valence-electron chi connectivity index (χ2n) is 6.66. The fraction of sp³-hybridized carbons (Fsp3) is 0.250. The van der Waals surface area contributed by atoms with Crippen LogP contribution in [0.1, 0.15) is 45.1 Å². The Balaban J connectivity index is 1.57. The maximum absolute atomic E-state index is 12.6. The summed E-state index contributed by atoms with van der Waals surface area (Å²) in [6.45, 7) is 2.43. The molecule has 4 rings (SSSR count). The van der Waals surface area contributed by atoms with Gasteiger partial charge in [-0.05, 0) is 37.5 Å². The number of pyridine rings is 1. The van der Waals surface area contributed by atoms with E-state index in [0.717, 1.165) is 18.4 Å². The van der Waals surface area contributed by atoms with E-state index in [0.29, 0.717) is 12.1 Å². The summed E-state index contributed by atoms with van der Waals surface area (Å²) in [7, 11) is 0. The van der Waals surface area contributed by atoms with Crippen LogP contribution in [0.15, 0.2) is 48.7 Å². The predicted molar refractivity (Wildman–Crippen MR) is 98.0 cm³/mol. The van der Waals surface area contributed by atoms with Gasteiger partial charge in [0.05, 0.1) is 5.52 Å². The molecule has 2 heterocycles. The van der Waals surface area contributed by atoms with Crippen molar-refractivity contribution in [2.45, 2.75) is 32.4 Å². The smallest absolute Gasteiger partial charge is 0.287 e. The van der Waals surface area contributed by atoms with Crippen LogP contribution in [0.5, 0.6) is 0 Å². The Bertz CT molecular complexity index is 971. The maximum Gasteiger partial charge on any atom is 0.287 e. The fourth-order valence-electron chi connectivity index (χ4n) is 2.81. The van der Waals surface area contributed by atoms with Crippen molar-refractivity contribution in [3.05, 3.63) is 71.3 Å². The molecule has 2 aromatic heterocycles. The highest BCUT2D eigenvalue weighted by Crippen LogP contribution is 2.20. The normalized spacial score (nSPS) is 13.6. The van der Waals surface area contributed by atoms with Gasteiger partial charge in [-0.2, -0.15) is 0 Å². The van der Waals surface area contributed by atoms with Crippen molar-refractivity contribution >= 4 is 17.3 Å². The molecular weight excluding hydrogens is 328 g/mol. The number of carbonyl (C=O) groups excluding carboxylic acids is 2. The number of hydrogen-bond donors (Lipinski definition) is 2. The molecule has 3 aromatic rings. The summed E-state index contributed by atoms with van der Waals surface area (Å²) in [5.41, 5.74) is 3.10. The van der Waals surface area contributed by atoms with Crippen LogP contribution in [0, 0.1) is 6.92 Å². The number of imidazole rings is 1. The van der Waals surface area contributed by atoms with E-state index in [2.05, 4.69) is 15.6 Å². The number of rotatable bonds is 5. The van der Waals surface area contributed by atoms with Gasteiger partial charge in [0.25, 0.3) is 11.8 Å². The minimum atomic E-state index is -0.308. The van der Waals surface area contributed by atoms with E-state index in [-0.39, 0.29) is 29.4 Å². The van der Waals surface area contributed by atoms with Crippen molar-refractivity contribution in [3.63, 3.8) is 0 Å². The molecule has 6 heteroatoms. The quantitative estimate of drug-likeness (QED) is 0.744. The first-order valence-corrected chi connectivity index (χ1v) is 8.73. The van der Waals surface area contributed by atoms with Crippen LogP contribution in [0.2, 0.25) is 0 Å². The minimum Gasteiger partial charge on any atom is -0.348 e. The largest absolute Gasteiger partial charge is 0.348 e. The summed E-state index contributed by atoms with van der Waals surface area (Å²) < 4.78 is 1.66. The van der Waals surface area contributed by atoms with Crippen molar-refractivity contribution in [1.29, 1.82) is 0 Å². The summed E-state index contributed by atoms with van der Waals surface area (Å²) in [6.07, 6.45) is 3.75. The van der Waals surface area contributed by atoms with Crippen molar-refractivity contribution in [3.8, 4) is 0 Å². The van der Waals surface area contributed by atoms with Crippen LogP contribution in [0.4, 0.5) is 0 Å². The Hall–Kier alpha value is -3.15. The fourth-order valence-corrected chi connectivity index (χ4v) is 2.81. The molecule has 1 aromatic carbocycles. The van der Waals surface area contributed by atoms with Gasteiger partial charge in [-0.15, -0.1) is 0 Å². The lowest BCUT2D eigenvalue weighted by Gasteiger charge is -2.05. The Morgan fingerprint density at radius 1 is 1.12 bits per heavy atom. The van der Waals surface area contributed by atoms with Crippen LogP contribution >= 0.6 is 0 Å². The summed E-state index contributed by atoms with van der Waals surface area (Å²) in [5.74, 6) is -0.320. The third-order valence-corrected chi connectivity index (χ3v) is 4.45. The maximum atomic E-state index is 12.6. The van der Waals surface area contributed by atoms with Crippen molar-refractivity contribution < 1.29 is 9.59 Å². The highest BCUT2D eigenvalue weighted by molar-refractivity contribution is 6.02. The number of benzene rings is 1. The zero-order valence-electron chi connectivity index (χ0n) is 14.5. The molecule has 0 radical (unpaired) electrons. The number of aryl methyl sites for hydroxylation is 1. The molecule has 26 heavy (non-hydrogen) atoms. The highest BCUT2D eigenvalue weighted by atomic mass is 16.2. The van der Waals surface area contributed by atoms with E-state index >= 15 is 0 Å². The standard InChI is InChI=1S/C20H20N4O2/c1-13-5-7-14(8-6-13)12-21-20(26)18-23-17(19(25)22-15-9-10-15)16-4-2-3-11-24(16)18/h2-8,11,15H,9-10,12H2,1H3,(H,21,26)(H,22,25). The van der Waals surface area contributed by atoms with Gasteiger partial charge in [0.15, 0.2) is 5.69 Å². The van der Waals surface area contributed by atoms with E-state index < -0.39 is 0 Å². The van der Waals surface area contributed by atoms with Gasteiger partial charge in [0.1, 0.15) is 0 Å². The summed E-state index contributed by atoms with van der Waals surface area (Å²) in [5, 5.41) is 5.81. The van der Waals surface area contributed by atoms with Gasteiger partial charge < -0.3 is 10.6 Å². The van der Waals surface area contributed by atoms with Crippen molar-refractivity contribution in [1.82, 2.24) is 20.0 Å². The zero-order chi connectivity index (χ0) is 18.1. The number of fused-ring (bicyclic) bond motifs is 1. The first-order chi connectivity index (χ1) is 12.6. The lowest BCUT2D eigenvalue weighted by molar-refractivity contribution is 0.0939. The molecule has 1 aliphatic rings. The van der Waals surface area contributed by atoms with Crippen LogP contribution in [-0.2, 0) is 6.54 Å². The first kappa shape index (κ1) is 16.3. The predicted octanol–water partition coefficient (Wildman–Crippen LogP) is 2.46. The van der Waals surface area contributed by atoms with Crippen LogP contribution in [0.3, 0.4) is 0 Å². The third-order valence-electron chi connectivity index (χ3n) is 4.45. The Morgan fingerprint density at radius 3 is 2.62 bits per heavy atom. The molecule has 0 aliphatic heterocycles. The zero-order valence-corrected chi connectivity index (χ0v) is 14.5. The average molecular weight is 348 g/mol. The van der Waals surface area contributed by atoms with Gasteiger partial charge in [0, 0.05) is 18.8 Å². The average Bonchev–Trinajstić information content (AvgIpc) is 3.38. The van der Waals surface area contributed by atoms with E-state index in [1.54, 1.807) is 16.7 Å². The first-order valence-electron chi connectivity index (χ1n) is 8.73. The molecule has 2 N–H and O–H groups in total. The van der Waals surface area contributed by atoms with Gasteiger partial charge in [-0.25, -0.2) is 4.98 Å². The van der Waals surface area contributed by atoms with Crippen LogP contribution in [0.25, 0.3) is 5.52 Å². The number of aromatic nitrogens is 2. The SMILES string of the molecule is Cc1ccc(CNC(=O)c2nc(C(=O)NC3CC3)c3ccccn23)cc1. The Kier molecular flexibility index (Phi) is 4.16. The number of carbonyl (C=O) groups is 2. The molecule has 2 amide bonds. The lowest BCUT2D eigenvalue weighted by atomic mass is 10.1. The number of amides is 2. The molecular formula is C20H20N4O2. The number of nitrogens with one attached hydrogen (secondary N) is 2. The molecule has 0 spiro atoms. The Labute approximate surface area is 151 Å². The number of hydrogen-bond acceptors (Lipinski definition) is 3. The van der Waals surface area contributed by atoms with Crippen molar-refractivity contribution in [2.24, 2.45) is 0 Å². The molecule has 0 saturated heterocycles. The molecule has 0 unspecified atom stereocenters. The Morgan fingerprint density at radius 2 is 1.88 bits per heavy atom. The second-order valence-corrected chi connectivity index (χ2v) is 6.66. The highest BCUT2D eigenvalue weighted by Gasteiger charge is 2.27. The van der Waals surface area contributed by atoms with E-state index in [4.69, 9.17) is 0 Å². The van der Waals surface area contributed by atoms with E-state index in [1.165, 1.54) is 5.56 Å². The van der Waals surface area contributed by atoms with Crippen molar-refractivity contribution in [2.75, 3.05) is 0 Å². The van der Waals surface area contributed by atoms with Gasteiger partial charge in [-0.1, -0.05) is 35.9 Å². The number of nitrogens with zero attached hydrogens (tertiary/aromatic N) is 2. The minimum absolute atomic E-state index is 0.216. The molecule has 0 atom stereocenters.